The lowest BCUT2D eigenvalue weighted by Gasteiger charge is -2.07. The molecule has 0 aliphatic heterocycles. The van der Waals surface area contributed by atoms with Gasteiger partial charge in [0.1, 0.15) is 11.6 Å². The number of nitrogens with two attached hydrogens (primary N) is 1. The van der Waals surface area contributed by atoms with Crippen LogP contribution in [0.5, 0.6) is 11.6 Å². The van der Waals surface area contributed by atoms with E-state index < -0.39 is 4.92 Å². The van der Waals surface area contributed by atoms with E-state index in [1.165, 1.54) is 12.1 Å². The average Bonchev–Trinajstić information content (AvgIpc) is 2.26. The van der Waals surface area contributed by atoms with Gasteiger partial charge in [0.25, 0.3) is 0 Å². The van der Waals surface area contributed by atoms with Crippen molar-refractivity contribution in [3.05, 3.63) is 45.8 Å². The molecule has 0 unspecified atom stereocenters. The van der Waals surface area contributed by atoms with Crippen LogP contribution in [0.15, 0.2) is 24.3 Å². The Kier molecular flexibility index (Phi) is 3.28. The van der Waals surface area contributed by atoms with Gasteiger partial charge in [-0.25, -0.2) is 4.98 Å². The molecule has 1 aromatic heterocycles. The maximum Gasteiger partial charge on any atom is 0.311 e. The van der Waals surface area contributed by atoms with E-state index in [-0.39, 0.29) is 23.1 Å². The molecule has 0 saturated carbocycles. The highest BCUT2D eigenvalue weighted by Gasteiger charge is 2.16. The molecule has 0 atom stereocenters. The summed E-state index contributed by atoms with van der Waals surface area (Å²) in [5, 5.41) is 10.9. The Morgan fingerprint density at radius 2 is 2.00 bits per heavy atom. The van der Waals surface area contributed by atoms with Gasteiger partial charge in [0.05, 0.1) is 4.92 Å². The molecule has 2 rings (SSSR count). The third-order valence-corrected chi connectivity index (χ3v) is 2.36. The maximum absolute atomic E-state index is 10.9. The number of nitrogen functional groups attached to an aromatic ring is 1. The molecule has 98 valence electrons. The monoisotopic (exact) mass is 260 g/mol. The summed E-state index contributed by atoms with van der Waals surface area (Å²) in [5.74, 6) is 0.990. The smallest absolute Gasteiger partial charge is 0.311 e. The molecule has 1 heterocycles. The normalized spacial score (nSPS) is 10.2. The quantitative estimate of drug-likeness (QED) is 0.671. The number of ether oxygens (including phenoxy) is 1. The molecule has 0 amide bonds. The van der Waals surface area contributed by atoms with Crippen LogP contribution in [0.25, 0.3) is 0 Å². The first-order valence-corrected chi connectivity index (χ1v) is 5.50. The van der Waals surface area contributed by atoms with E-state index in [4.69, 9.17) is 10.5 Å². The van der Waals surface area contributed by atoms with E-state index in [0.717, 1.165) is 5.56 Å². The zero-order valence-corrected chi connectivity index (χ0v) is 10.5. The van der Waals surface area contributed by atoms with E-state index in [0.29, 0.717) is 5.82 Å². The summed E-state index contributed by atoms with van der Waals surface area (Å²) in [6.07, 6.45) is 0. The Bertz CT molecular complexity index is 623. The second-order valence-corrected chi connectivity index (χ2v) is 4.01. The van der Waals surface area contributed by atoms with E-state index in [2.05, 4.69) is 9.97 Å². The van der Waals surface area contributed by atoms with Crippen molar-refractivity contribution in [3.63, 3.8) is 0 Å². The molecule has 19 heavy (non-hydrogen) atoms. The van der Waals surface area contributed by atoms with E-state index in [1.54, 1.807) is 19.1 Å². The van der Waals surface area contributed by atoms with Crippen molar-refractivity contribution in [2.45, 2.75) is 13.8 Å². The van der Waals surface area contributed by atoms with Crippen molar-refractivity contribution in [2.24, 2.45) is 0 Å². The molecule has 0 spiro atoms. The molecule has 0 fully saturated rings. The average molecular weight is 260 g/mol. The third kappa shape index (κ3) is 2.95. The van der Waals surface area contributed by atoms with Crippen molar-refractivity contribution in [1.29, 1.82) is 0 Å². The molecule has 0 bridgehead atoms. The van der Waals surface area contributed by atoms with Gasteiger partial charge < -0.3 is 10.5 Å². The first kappa shape index (κ1) is 12.7. The van der Waals surface area contributed by atoms with Crippen LogP contribution in [0.1, 0.15) is 11.4 Å². The highest BCUT2D eigenvalue weighted by molar-refractivity contribution is 5.50. The van der Waals surface area contributed by atoms with Crippen LogP contribution in [0.3, 0.4) is 0 Å². The molecule has 7 nitrogen and oxygen atoms in total. The van der Waals surface area contributed by atoms with Crippen molar-refractivity contribution in [2.75, 3.05) is 5.73 Å². The van der Waals surface area contributed by atoms with Crippen LogP contribution in [-0.4, -0.2) is 14.9 Å². The second kappa shape index (κ2) is 4.89. The maximum atomic E-state index is 10.9. The minimum atomic E-state index is -0.508. The number of benzene rings is 1. The molecule has 7 heteroatoms. The Hall–Kier alpha value is -2.70. The van der Waals surface area contributed by atoms with Gasteiger partial charge in [0.2, 0.25) is 11.6 Å². The van der Waals surface area contributed by atoms with Gasteiger partial charge in [-0.2, -0.15) is 4.98 Å². The van der Waals surface area contributed by atoms with E-state index in [1.807, 2.05) is 6.92 Å². The van der Waals surface area contributed by atoms with E-state index in [9.17, 15) is 10.1 Å². The summed E-state index contributed by atoms with van der Waals surface area (Å²) in [5.41, 5.74) is 6.30. The Morgan fingerprint density at radius 3 is 2.63 bits per heavy atom. The molecule has 0 radical (unpaired) electrons. The summed E-state index contributed by atoms with van der Waals surface area (Å²) < 4.78 is 5.44. The predicted octanol–water partition coefficient (Wildman–Crippen LogP) is 2.38. The van der Waals surface area contributed by atoms with Gasteiger partial charge >= 0.3 is 5.69 Å². The Morgan fingerprint density at radius 1 is 1.26 bits per heavy atom. The molecule has 0 aliphatic rings. The third-order valence-electron chi connectivity index (χ3n) is 2.36. The molecular weight excluding hydrogens is 248 g/mol. The highest BCUT2D eigenvalue weighted by atomic mass is 16.6. The fraction of sp³-hybridized carbons (Fsp3) is 0.167. The molecule has 2 N–H and O–H groups in total. The molecule has 0 saturated heterocycles. The lowest BCUT2D eigenvalue weighted by Crippen LogP contribution is -1.99. The number of nitro groups is 1. The van der Waals surface area contributed by atoms with Crippen molar-refractivity contribution in [1.82, 2.24) is 9.97 Å². The van der Waals surface area contributed by atoms with Crippen LogP contribution in [0, 0.1) is 24.0 Å². The van der Waals surface area contributed by atoms with Crippen LogP contribution >= 0.6 is 0 Å². The van der Waals surface area contributed by atoms with Crippen LogP contribution < -0.4 is 10.5 Å². The SMILES string of the molecule is Cc1ccc([N+](=O)[O-])c(Oc2cc(N)nc(C)n2)c1. The summed E-state index contributed by atoms with van der Waals surface area (Å²) >= 11 is 0. The number of hydrogen-bond donors (Lipinski definition) is 1. The van der Waals surface area contributed by atoms with Gasteiger partial charge in [0.15, 0.2) is 0 Å². The topological polar surface area (TPSA) is 104 Å². The number of hydrogen-bond acceptors (Lipinski definition) is 6. The molecular formula is C12H12N4O3. The number of nitro benzene ring substituents is 1. The number of rotatable bonds is 3. The lowest BCUT2D eigenvalue weighted by molar-refractivity contribution is -0.385. The number of aryl methyl sites for hydroxylation is 2. The Balaban J connectivity index is 2.42. The zero-order valence-electron chi connectivity index (χ0n) is 10.5. The van der Waals surface area contributed by atoms with Gasteiger partial charge in [-0.1, -0.05) is 6.07 Å². The second-order valence-electron chi connectivity index (χ2n) is 4.01. The minimum absolute atomic E-state index is 0.125. The standard InChI is InChI=1S/C12H12N4O3/c1-7-3-4-9(16(17)18)10(5-7)19-12-6-11(13)14-8(2)15-12/h3-6H,1-2H3,(H2,13,14,15). The predicted molar refractivity (Wildman–Crippen MR) is 69.1 cm³/mol. The fourth-order valence-electron chi connectivity index (χ4n) is 1.58. The number of nitrogens with zero attached hydrogens (tertiary/aromatic N) is 3. The van der Waals surface area contributed by atoms with Crippen molar-refractivity contribution < 1.29 is 9.66 Å². The van der Waals surface area contributed by atoms with E-state index >= 15 is 0 Å². The first-order chi connectivity index (χ1) is 8.95. The Labute approximate surface area is 109 Å². The van der Waals surface area contributed by atoms with Crippen LogP contribution in [0.2, 0.25) is 0 Å². The van der Waals surface area contributed by atoms with Crippen molar-refractivity contribution in [3.8, 4) is 11.6 Å². The van der Waals surface area contributed by atoms with Crippen molar-refractivity contribution >= 4 is 11.5 Å². The summed E-state index contributed by atoms with van der Waals surface area (Å²) in [6, 6.07) is 6.03. The molecule has 0 aliphatic carbocycles. The summed E-state index contributed by atoms with van der Waals surface area (Å²) in [4.78, 5) is 18.3. The number of aromatic nitrogens is 2. The largest absolute Gasteiger partial charge is 0.432 e. The van der Waals surface area contributed by atoms with Gasteiger partial charge in [-0.3, -0.25) is 10.1 Å². The molecule has 2 aromatic rings. The van der Waals surface area contributed by atoms with Crippen LogP contribution in [0.4, 0.5) is 11.5 Å². The summed E-state index contributed by atoms with van der Waals surface area (Å²) in [6.45, 7) is 3.48. The molecule has 1 aromatic carbocycles. The minimum Gasteiger partial charge on any atom is -0.432 e. The fourth-order valence-corrected chi connectivity index (χ4v) is 1.58. The highest BCUT2D eigenvalue weighted by Crippen LogP contribution is 2.31. The van der Waals surface area contributed by atoms with Gasteiger partial charge in [0, 0.05) is 12.1 Å². The summed E-state index contributed by atoms with van der Waals surface area (Å²) in [7, 11) is 0. The van der Waals surface area contributed by atoms with Crippen LogP contribution in [-0.2, 0) is 0 Å². The van der Waals surface area contributed by atoms with Gasteiger partial charge in [-0.05, 0) is 25.5 Å². The van der Waals surface area contributed by atoms with Gasteiger partial charge in [-0.15, -0.1) is 0 Å². The number of anilines is 1. The lowest BCUT2D eigenvalue weighted by atomic mass is 10.2. The first-order valence-electron chi connectivity index (χ1n) is 5.50. The zero-order chi connectivity index (χ0) is 14.0.